The Hall–Kier alpha value is -1.61. The molecule has 0 aliphatic heterocycles. The van der Waals surface area contributed by atoms with E-state index >= 15 is 0 Å². The van der Waals surface area contributed by atoms with Crippen LogP contribution in [0.5, 0.6) is 0 Å². The second kappa shape index (κ2) is 4.28. The number of benzene rings is 1. The molecular formula is C12H13NO2. The normalized spacial score (nSPS) is 10.5. The molecule has 0 aliphatic rings. The summed E-state index contributed by atoms with van der Waals surface area (Å²) in [7, 11) is 0. The molecule has 1 heterocycles. The Bertz CT molecular complexity index is 431. The minimum Gasteiger partial charge on any atom is -0.391 e. The zero-order valence-corrected chi connectivity index (χ0v) is 8.60. The average molecular weight is 203 g/mol. The van der Waals surface area contributed by atoms with Gasteiger partial charge in [-0.1, -0.05) is 35.0 Å². The van der Waals surface area contributed by atoms with Crippen molar-refractivity contribution in [3.8, 4) is 0 Å². The molecule has 1 aromatic heterocycles. The van der Waals surface area contributed by atoms with Crippen LogP contribution in [-0.4, -0.2) is 10.3 Å². The predicted molar refractivity (Wildman–Crippen MR) is 56.4 cm³/mol. The maximum absolute atomic E-state index is 9.03. The Balaban J connectivity index is 2.18. The summed E-state index contributed by atoms with van der Waals surface area (Å²) in [5, 5.41) is 12.7. The molecule has 15 heavy (non-hydrogen) atoms. The summed E-state index contributed by atoms with van der Waals surface area (Å²) in [5.74, 6) is 0.737. The third-order valence-electron chi connectivity index (χ3n) is 2.39. The van der Waals surface area contributed by atoms with Crippen molar-refractivity contribution in [2.75, 3.05) is 0 Å². The summed E-state index contributed by atoms with van der Waals surface area (Å²) in [6, 6.07) is 8.23. The van der Waals surface area contributed by atoms with Gasteiger partial charge in [0.2, 0.25) is 0 Å². The smallest absolute Gasteiger partial charge is 0.146 e. The van der Waals surface area contributed by atoms with Gasteiger partial charge in [0.25, 0.3) is 0 Å². The molecular weight excluding hydrogens is 190 g/mol. The van der Waals surface area contributed by atoms with Crippen LogP contribution < -0.4 is 0 Å². The molecule has 0 amide bonds. The van der Waals surface area contributed by atoms with Gasteiger partial charge in [0.05, 0.1) is 12.8 Å². The van der Waals surface area contributed by atoms with Gasteiger partial charge in [-0.05, 0) is 12.5 Å². The molecule has 0 radical (unpaired) electrons. The van der Waals surface area contributed by atoms with Crippen LogP contribution in [0.1, 0.15) is 22.5 Å². The van der Waals surface area contributed by atoms with Crippen LogP contribution >= 0.6 is 0 Å². The summed E-state index contributed by atoms with van der Waals surface area (Å²) in [4.78, 5) is 0. The summed E-state index contributed by atoms with van der Waals surface area (Å²) >= 11 is 0. The summed E-state index contributed by atoms with van der Waals surface area (Å²) in [6.45, 7) is 2.03. The van der Waals surface area contributed by atoms with E-state index in [1.165, 1.54) is 5.56 Å². The van der Waals surface area contributed by atoms with Gasteiger partial charge < -0.3 is 9.63 Å². The zero-order chi connectivity index (χ0) is 10.7. The van der Waals surface area contributed by atoms with E-state index in [4.69, 9.17) is 9.63 Å². The number of hydrogen-bond donors (Lipinski definition) is 1. The van der Waals surface area contributed by atoms with Gasteiger partial charge in [-0.15, -0.1) is 0 Å². The number of rotatable bonds is 3. The average Bonchev–Trinajstić information content (AvgIpc) is 2.69. The highest BCUT2D eigenvalue weighted by atomic mass is 16.5. The van der Waals surface area contributed by atoms with E-state index in [2.05, 4.69) is 36.3 Å². The van der Waals surface area contributed by atoms with Crippen molar-refractivity contribution in [1.29, 1.82) is 0 Å². The van der Waals surface area contributed by atoms with Gasteiger partial charge in [-0.2, -0.15) is 0 Å². The van der Waals surface area contributed by atoms with Crippen molar-refractivity contribution in [2.24, 2.45) is 0 Å². The molecule has 0 saturated carbocycles. The van der Waals surface area contributed by atoms with Gasteiger partial charge >= 0.3 is 0 Å². The fraction of sp³-hybridized carbons (Fsp3) is 0.250. The lowest BCUT2D eigenvalue weighted by atomic mass is 10.1. The predicted octanol–water partition coefficient (Wildman–Crippen LogP) is 2.07. The number of nitrogens with zero attached hydrogens (tertiary/aromatic N) is 1. The van der Waals surface area contributed by atoms with E-state index in [9.17, 15) is 0 Å². The lowest BCUT2D eigenvalue weighted by Crippen LogP contribution is -1.91. The van der Waals surface area contributed by atoms with Crippen molar-refractivity contribution in [3.05, 3.63) is 52.9 Å². The standard InChI is InChI=1S/C12H13NO2/c1-9-2-4-10(5-3-9)6-12-11(8-14)7-13-15-12/h2-5,7,14H,6,8H2,1H3. The highest BCUT2D eigenvalue weighted by Crippen LogP contribution is 2.14. The number of aliphatic hydroxyl groups excluding tert-OH is 1. The molecule has 1 aromatic carbocycles. The molecule has 2 aromatic rings. The van der Waals surface area contributed by atoms with Crippen molar-refractivity contribution >= 4 is 0 Å². The second-order valence-electron chi connectivity index (χ2n) is 3.59. The Kier molecular flexibility index (Phi) is 2.83. The lowest BCUT2D eigenvalue weighted by molar-refractivity contribution is 0.277. The van der Waals surface area contributed by atoms with E-state index < -0.39 is 0 Å². The number of aliphatic hydroxyl groups is 1. The SMILES string of the molecule is Cc1ccc(Cc2oncc2CO)cc1. The summed E-state index contributed by atoms with van der Waals surface area (Å²) < 4.78 is 5.08. The Labute approximate surface area is 88.3 Å². The van der Waals surface area contributed by atoms with Crippen LogP contribution in [-0.2, 0) is 13.0 Å². The largest absolute Gasteiger partial charge is 0.391 e. The molecule has 0 saturated heterocycles. The minimum absolute atomic E-state index is 0.0231. The van der Waals surface area contributed by atoms with Gasteiger partial charge in [-0.3, -0.25) is 0 Å². The van der Waals surface area contributed by atoms with Crippen LogP contribution in [0.2, 0.25) is 0 Å². The van der Waals surface area contributed by atoms with Crippen LogP contribution in [0.15, 0.2) is 35.0 Å². The van der Waals surface area contributed by atoms with Gasteiger partial charge in [0.1, 0.15) is 5.76 Å². The third-order valence-corrected chi connectivity index (χ3v) is 2.39. The fourth-order valence-corrected chi connectivity index (χ4v) is 1.45. The molecule has 0 spiro atoms. The van der Waals surface area contributed by atoms with Crippen molar-refractivity contribution < 1.29 is 9.63 Å². The Morgan fingerprint density at radius 2 is 2.00 bits per heavy atom. The van der Waals surface area contributed by atoms with Crippen molar-refractivity contribution in [1.82, 2.24) is 5.16 Å². The summed E-state index contributed by atoms with van der Waals surface area (Å²) in [5.41, 5.74) is 3.15. The van der Waals surface area contributed by atoms with E-state index in [1.54, 1.807) is 6.20 Å². The highest BCUT2D eigenvalue weighted by molar-refractivity contribution is 5.26. The monoisotopic (exact) mass is 203 g/mol. The van der Waals surface area contributed by atoms with E-state index in [0.717, 1.165) is 16.9 Å². The molecule has 0 atom stereocenters. The summed E-state index contributed by atoms with van der Waals surface area (Å²) in [6.07, 6.45) is 2.24. The first-order valence-electron chi connectivity index (χ1n) is 4.88. The van der Waals surface area contributed by atoms with Crippen molar-refractivity contribution in [2.45, 2.75) is 20.0 Å². The number of aromatic nitrogens is 1. The van der Waals surface area contributed by atoms with Crippen LogP contribution in [0.3, 0.4) is 0 Å². The van der Waals surface area contributed by atoms with Crippen LogP contribution in [0.4, 0.5) is 0 Å². The lowest BCUT2D eigenvalue weighted by Gasteiger charge is -2.00. The fourth-order valence-electron chi connectivity index (χ4n) is 1.45. The maximum Gasteiger partial charge on any atom is 0.146 e. The molecule has 2 rings (SSSR count). The molecule has 78 valence electrons. The third kappa shape index (κ3) is 2.25. The van der Waals surface area contributed by atoms with E-state index in [0.29, 0.717) is 6.42 Å². The molecule has 3 heteroatoms. The quantitative estimate of drug-likeness (QED) is 0.830. The first-order chi connectivity index (χ1) is 7.29. The maximum atomic E-state index is 9.03. The van der Waals surface area contributed by atoms with Crippen LogP contribution in [0, 0.1) is 6.92 Å². The Morgan fingerprint density at radius 1 is 1.27 bits per heavy atom. The molecule has 0 fully saturated rings. The topological polar surface area (TPSA) is 46.3 Å². The number of hydrogen-bond acceptors (Lipinski definition) is 3. The first kappa shape index (κ1) is 9.93. The number of aryl methyl sites for hydroxylation is 1. The first-order valence-corrected chi connectivity index (χ1v) is 4.88. The minimum atomic E-state index is -0.0231. The van der Waals surface area contributed by atoms with Crippen LogP contribution in [0.25, 0.3) is 0 Å². The van der Waals surface area contributed by atoms with E-state index in [1.807, 2.05) is 0 Å². The second-order valence-corrected chi connectivity index (χ2v) is 3.59. The highest BCUT2D eigenvalue weighted by Gasteiger charge is 2.07. The molecule has 0 bridgehead atoms. The molecule has 1 N–H and O–H groups in total. The van der Waals surface area contributed by atoms with Gasteiger partial charge in [0, 0.05) is 12.0 Å². The van der Waals surface area contributed by atoms with Crippen molar-refractivity contribution in [3.63, 3.8) is 0 Å². The molecule has 0 unspecified atom stereocenters. The van der Waals surface area contributed by atoms with E-state index in [-0.39, 0.29) is 6.61 Å². The Morgan fingerprint density at radius 3 is 2.67 bits per heavy atom. The molecule has 0 aliphatic carbocycles. The van der Waals surface area contributed by atoms with Gasteiger partial charge in [-0.25, -0.2) is 0 Å². The molecule has 3 nitrogen and oxygen atoms in total. The van der Waals surface area contributed by atoms with Gasteiger partial charge in [0.15, 0.2) is 0 Å². The zero-order valence-electron chi connectivity index (χ0n) is 8.60.